The molecule has 0 heterocycles. The normalized spacial score (nSPS) is 11.3. The van der Waals surface area contributed by atoms with Crippen LogP contribution in [-0.4, -0.2) is 36.9 Å². The van der Waals surface area contributed by atoms with Gasteiger partial charge in [-0.15, -0.1) is 6.42 Å². The van der Waals surface area contributed by atoms with Gasteiger partial charge in [0.25, 0.3) is 0 Å². The number of nitrogens with zero attached hydrogens (tertiary/aromatic N) is 1. The molecule has 0 aromatic heterocycles. The monoisotopic (exact) mass is 295 g/mol. The number of rotatable bonds is 6. The van der Waals surface area contributed by atoms with Crippen molar-refractivity contribution in [2.45, 2.75) is 25.2 Å². The topological polar surface area (TPSA) is 74.7 Å². The molecule has 108 valence electrons. The smallest absolute Gasteiger partial charge is 0.335 e. The summed E-state index contributed by atoms with van der Waals surface area (Å²) in [6, 6.07) is 4.20. The van der Waals surface area contributed by atoms with Crippen molar-refractivity contribution in [3.05, 3.63) is 29.3 Å². The molecule has 0 unspecified atom stereocenters. The molecule has 0 radical (unpaired) electrons. The Morgan fingerprint density at radius 1 is 1.45 bits per heavy atom. The standard InChI is InChI=1S/C14H17NO4S/c1-4-9-15(10-5-2)20(18,19)13-8-6-7-12(11(13)3)14(16)17/h1,6-8H,5,9-10H2,2-3H3,(H,16,17). The van der Waals surface area contributed by atoms with Gasteiger partial charge in [-0.2, -0.15) is 4.31 Å². The van der Waals surface area contributed by atoms with Crippen LogP contribution in [0.2, 0.25) is 0 Å². The molecule has 0 bridgehead atoms. The SMILES string of the molecule is C#CCN(CCC)S(=O)(=O)c1cccc(C(=O)O)c1C. The lowest BCUT2D eigenvalue weighted by atomic mass is 10.1. The highest BCUT2D eigenvalue weighted by molar-refractivity contribution is 7.89. The van der Waals surface area contributed by atoms with E-state index in [0.717, 1.165) is 0 Å². The lowest BCUT2D eigenvalue weighted by Gasteiger charge is -2.20. The molecule has 0 saturated heterocycles. The molecular formula is C14H17NO4S. The average molecular weight is 295 g/mol. The third-order valence-corrected chi connectivity index (χ3v) is 4.86. The van der Waals surface area contributed by atoms with Crippen LogP contribution in [0.5, 0.6) is 0 Å². The molecule has 20 heavy (non-hydrogen) atoms. The lowest BCUT2D eigenvalue weighted by Crippen LogP contribution is -2.32. The summed E-state index contributed by atoms with van der Waals surface area (Å²) >= 11 is 0. The summed E-state index contributed by atoms with van der Waals surface area (Å²) in [5.41, 5.74) is 0.196. The van der Waals surface area contributed by atoms with Crippen LogP contribution in [0.1, 0.15) is 29.3 Å². The minimum Gasteiger partial charge on any atom is -0.478 e. The summed E-state index contributed by atoms with van der Waals surface area (Å²) in [7, 11) is -3.78. The first kappa shape index (κ1) is 16.2. The van der Waals surface area contributed by atoms with E-state index < -0.39 is 16.0 Å². The zero-order valence-electron chi connectivity index (χ0n) is 11.5. The molecule has 0 saturated carbocycles. The van der Waals surface area contributed by atoms with Gasteiger partial charge in [-0.25, -0.2) is 13.2 Å². The van der Waals surface area contributed by atoms with Crippen molar-refractivity contribution in [2.24, 2.45) is 0 Å². The molecule has 6 heteroatoms. The minimum atomic E-state index is -3.78. The number of terminal acetylenes is 1. The Morgan fingerprint density at radius 2 is 2.10 bits per heavy atom. The van der Waals surface area contributed by atoms with Crippen molar-refractivity contribution in [1.82, 2.24) is 4.31 Å². The van der Waals surface area contributed by atoms with Crippen molar-refractivity contribution in [1.29, 1.82) is 0 Å². The van der Waals surface area contributed by atoms with E-state index in [0.29, 0.717) is 13.0 Å². The molecule has 5 nitrogen and oxygen atoms in total. The second kappa shape index (κ2) is 6.55. The van der Waals surface area contributed by atoms with E-state index in [2.05, 4.69) is 5.92 Å². The molecule has 0 aliphatic heterocycles. The van der Waals surface area contributed by atoms with Crippen molar-refractivity contribution >= 4 is 16.0 Å². The highest BCUT2D eigenvalue weighted by Crippen LogP contribution is 2.22. The fourth-order valence-corrected chi connectivity index (χ4v) is 3.59. The fraction of sp³-hybridized carbons (Fsp3) is 0.357. The zero-order valence-corrected chi connectivity index (χ0v) is 12.3. The number of hydrogen-bond acceptors (Lipinski definition) is 3. The van der Waals surface area contributed by atoms with Gasteiger partial charge in [0, 0.05) is 6.54 Å². The molecule has 1 N–H and O–H groups in total. The predicted octanol–water partition coefficient (Wildman–Crippen LogP) is 1.73. The van der Waals surface area contributed by atoms with Gasteiger partial charge in [0.05, 0.1) is 17.0 Å². The Bertz CT molecular complexity index is 644. The molecule has 1 rings (SSSR count). The van der Waals surface area contributed by atoms with Crippen molar-refractivity contribution in [3.8, 4) is 12.3 Å². The number of sulfonamides is 1. The summed E-state index contributed by atoms with van der Waals surface area (Å²) in [6.07, 6.45) is 5.82. The lowest BCUT2D eigenvalue weighted by molar-refractivity contribution is 0.0696. The number of carboxylic acid groups (broad SMARTS) is 1. The number of carboxylic acids is 1. The molecule has 1 aromatic rings. The van der Waals surface area contributed by atoms with Gasteiger partial charge in [0.15, 0.2) is 0 Å². The molecule has 0 atom stereocenters. The largest absolute Gasteiger partial charge is 0.478 e. The van der Waals surface area contributed by atoms with E-state index in [4.69, 9.17) is 11.5 Å². The summed E-state index contributed by atoms with van der Waals surface area (Å²) in [5.74, 6) is 1.16. The van der Waals surface area contributed by atoms with Gasteiger partial charge < -0.3 is 5.11 Å². The van der Waals surface area contributed by atoms with E-state index in [1.54, 1.807) is 0 Å². The maximum Gasteiger partial charge on any atom is 0.335 e. The zero-order chi connectivity index (χ0) is 15.3. The highest BCUT2D eigenvalue weighted by Gasteiger charge is 2.26. The fourth-order valence-electron chi connectivity index (χ4n) is 1.90. The summed E-state index contributed by atoms with van der Waals surface area (Å²) < 4.78 is 26.3. The Morgan fingerprint density at radius 3 is 2.60 bits per heavy atom. The van der Waals surface area contributed by atoms with Crippen LogP contribution in [0, 0.1) is 19.3 Å². The van der Waals surface area contributed by atoms with Gasteiger partial charge in [-0.3, -0.25) is 0 Å². The van der Waals surface area contributed by atoms with Crippen LogP contribution >= 0.6 is 0 Å². The molecule has 0 fully saturated rings. The van der Waals surface area contributed by atoms with Gasteiger partial charge >= 0.3 is 5.97 Å². The highest BCUT2D eigenvalue weighted by atomic mass is 32.2. The van der Waals surface area contributed by atoms with Gasteiger partial charge in [-0.05, 0) is 31.0 Å². The number of carbonyl (C=O) groups is 1. The van der Waals surface area contributed by atoms with Crippen molar-refractivity contribution < 1.29 is 18.3 Å². The number of hydrogen-bond donors (Lipinski definition) is 1. The van der Waals surface area contributed by atoms with E-state index >= 15 is 0 Å². The first-order valence-corrected chi connectivity index (χ1v) is 7.56. The van der Waals surface area contributed by atoms with Gasteiger partial charge in [0.1, 0.15) is 0 Å². The maximum atomic E-state index is 12.5. The first-order chi connectivity index (χ1) is 9.36. The second-order valence-electron chi connectivity index (χ2n) is 4.28. The van der Waals surface area contributed by atoms with Crippen molar-refractivity contribution in [3.63, 3.8) is 0 Å². The Hall–Kier alpha value is -1.84. The quantitative estimate of drug-likeness (QED) is 0.811. The third-order valence-electron chi connectivity index (χ3n) is 2.87. The third kappa shape index (κ3) is 3.18. The maximum absolute atomic E-state index is 12.5. The Kier molecular flexibility index (Phi) is 5.31. The van der Waals surface area contributed by atoms with Crippen LogP contribution in [-0.2, 0) is 10.0 Å². The van der Waals surface area contributed by atoms with E-state index in [1.807, 2.05) is 6.92 Å². The van der Waals surface area contributed by atoms with E-state index in [1.165, 1.54) is 29.4 Å². The molecule has 0 aliphatic carbocycles. The van der Waals surface area contributed by atoms with E-state index in [-0.39, 0.29) is 22.6 Å². The van der Waals surface area contributed by atoms with E-state index in [9.17, 15) is 13.2 Å². The van der Waals surface area contributed by atoms with Gasteiger partial charge in [0.2, 0.25) is 10.0 Å². The molecule has 1 aromatic carbocycles. The first-order valence-electron chi connectivity index (χ1n) is 6.12. The molecular weight excluding hydrogens is 278 g/mol. The van der Waals surface area contributed by atoms with Crippen LogP contribution < -0.4 is 0 Å². The minimum absolute atomic E-state index is 0.0129. The summed E-state index contributed by atoms with van der Waals surface area (Å²) in [6.45, 7) is 3.59. The van der Waals surface area contributed by atoms with Crippen LogP contribution in [0.3, 0.4) is 0 Å². The molecule has 0 amide bonds. The second-order valence-corrected chi connectivity index (χ2v) is 6.18. The summed E-state index contributed by atoms with van der Waals surface area (Å²) in [4.78, 5) is 11.1. The van der Waals surface area contributed by atoms with Crippen LogP contribution in [0.25, 0.3) is 0 Å². The van der Waals surface area contributed by atoms with Crippen LogP contribution in [0.4, 0.5) is 0 Å². The van der Waals surface area contributed by atoms with Gasteiger partial charge in [-0.1, -0.05) is 18.9 Å². The average Bonchev–Trinajstić information content (AvgIpc) is 2.38. The molecule has 0 aliphatic rings. The van der Waals surface area contributed by atoms with Crippen LogP contribution in [0.15, 0.2) is 23.1 Å². The number of benzene rings is 1. The number of aromatic carboxylic acids is 1. The van der Waals surface area contributed by atoms with Crippen molar-refractivity contribution in [2.75, 3.05) is 13.1 Å². The summed E-state index contributed by atoms with van der Waals surface area (Å²) in [5, 5.41) is 9.06. The Balaban J connectivity index is 3.38. The Labute approximate surface area is 119 Å². The predicted molar refractivity (Wildman–Crippen MR) is 76.0 cm³/mol. The molecule has 0 spiro atoms.